The molecule has 0 amide bonds. The van der Waals surface area contributed by atoms with E-state index in [1.54, 1.807) is 52.6 Å². The Morgan fingerprint density at radius 3 is 2.00 bits per heavy atom. The Labute approximate surface area is 153 Å². The highest BCUT2D eigenvalue weighted by Gasteiger charge is 2.13. The number of nitrogens with one attached hydrogen (secondary N) is 2. The highest BCUT2D eigenvalue weighted by atomic mass is 19.1. The van der Waals surface area contributed by atoms with E-state index in [2.05, 4.69) is 15.6 Å². The maximum atomic E-state index is 13.0. The van der Waals surface area contributed by atoms with E-state index in [1.807, 2.05) is 0 Å². The second-order valence-corrected chi connectivity index (χ2v) is 5.42. The molecule has 26 heavy (non-hydrogen) atoms. The number of aliphatic imine (C=N–C) groups is 1. The van der Waals surface area contributed by atoms with Crippen LogP contribution in [-0.4, -0.2) is 34.3 Å². The van der Waals surface area contributed by atoms with Crippen molar-refractivity contribution in [1.82, 2.24) is 10.6 Å². The van der Waals surface area contributed by atoms with E-state index in [1.165, 1.54) is 12.1 Å². The van der Waals surface area contributed by atoms with Gasteiger partial charge in [0, 0.05) is 25.7 Å². The molecule has 0 aliphatic heterocycles. The van der Waals surface area contributed by atoms with Gasteiger partial charge in [-0.2, -0.15) is 0 Å². The van der Waals surface area contributed by atoms with E-state index in [4.69, 9.17) is 14.2 Å². The first-order valence-corrected chi connectivity index (χ1v) is 8.09. The predicted molar refractivity (Wildman–Crippen MR) is 99.5 cm³/mol. The summed E-state index contributed by atoms with van der Waals surface area (Å²) in [4.78, 5) is 4.19. The predicted octanol–water partition coefficient (Wildman–Crippen LogP) is 2.72. The van der Waals surface area contributed by atoms with Gasteiger partial charge in [0.05, 0.1) is 33.4 Å². The van der Waals surface area contributed by atoms with Gasteiger partial charge in [0.25, 0.3) is 0 Å². The van der Waals surface area contributed by atoms with Gasteiger partial charge in [0.1, 0.15) is 23.1 Å². The molecule has 0 aromatic heterocycles. The molecular weight excluding hydrogens is 337 g/mol. The minimum atomic E-state index is -0.255. The fourth-order valence-electron chi connectivity index (χ4n) is 2.43. The summed E-state index contributed by atoms with van der Waals surface area (Å²) in [6.07, 6.45) is 0. The minimum Gasteiger partial charge on any atom is -0.496 e. The second-order valence-electron chi connectivity index (χ2n) is 5.42. The average molecular weight is 361 g/mol. The number of benzene rings is 2. The SMILES string of the molecule is CN=C(NCc1ccc(F)cc1)NCc1c(OC)cc(OC)cc1OC. The molecule has 0 fully saturated rings. The van der Waals surface area contributed by atoms with Gasteiger partial charge in [0.15, 0.2) is 5.96 Å². The molecule has 7 heteroatoms. The molecule has 0 aliphatic carbocycles. The summed E-state index contributed by atoms with van der Waals surface area (Å²) >= 11 is 0. The van der Waals surface area contributed by atoms with E-state index in [9.17, 15) is 4.39 Å². The summed E-state index contributed by atoms with van der Waals surface area (Å²) in [5, 5.41) is 6.40. The Hall–Kier alpha value is -2.96. The van der Waals surface area contributed by atoms with Crippen molar-refractivity contribution < 1.29 is 18.6 Å². The number of guanidine groups is 1. The zero-order valence-electron chi connectivity index (χ0n) is 15.4. The van der Waals surface area contributed by atoms with Gasteiger partial charge in [-0.3, -0.25) is 4.99 Å². The van der Waals surface area contributed by atoms with Gasteiger partial charge in [0.2, 0.25) is 0 Å². The Balaban J connectivity index is 2.04. The fourth-order valence-corrected chi connectivity index (χ4v) is 2.43. The van der Waals surface area contributed by atoms with Crippen molar-refractivity contribution in [3.8, 4) is 17.2 Å². The molecule has 0 bridgehead atoms. The van der Waals surface area contributed by atoms with Crippen molar-refractivity contribution in [1.29, 1.82) is 0 Å². The number of nitrogens with zero attached hydrogens (tertiary/aromatic N) is 1. The molecule has 6 nitrogen and oxygen atoms in total. The molecule has 2 aromatic rings. The molecule has 0 heterocycles. The number of methoxy groups -OCH3 is 3. The fraction of sp³-hybridized carbons (Fsp3) is 0.316. The van der Waals surface area contributed by atoms with Crippen LogP contribution in [-0.2, 0) is 13.1 Å². The third kappa shape index (κ3) is 5.02. The summed E-state index contributed by atoms with van der Waals surface area (Å²) in [6.45, 7) is 0.969. The lowest BCUT2D eigenvalue weighted by molar-refractivity contribution is 0.368. The van der Waals surface area contributed by atoms with Crippen LogP contribution < -0.4 is 24.8 Å². The number of rotatable bonds is 7. The van der Waals surface area contributed by atoms with Gasteiger partial charge < -0.3 is 24.8 Å². The van der Waals surface area contributed by atoms with Crippen LogP contribution >= 0.6 is 0 Å². The van der Waals surface area contributed by atoms with Crippen molar-refractivity contribution >= 4 is 5.96 Å². The summed E-state index contributed by atoms with van der Waals surface area (Å²) in [6, 6.07) is 9.92. The smallest absolute Gasteiger partial charge is 0.191 e. The molecule has 2 rings (SSSR count). The highest BCUT2D eigenvalue weighted by molar-refractivity contribution is 5.79. The zero-order chi connectivity index (χ0) is 18.9. The molecule has 0 saturated heterocycles. The Morgan fingerprint density at radius 1 is 0.923 bits per heavy atom. The lowest BCUT2D eigenvalue weighted by Crippen LogP contribution is -2.36. The van der Waals surface area contributed by atoms with Crippen molar-refractivity contribution in [2.24, 2.45) is 4.99 Å². The summed E-state index contributed by atoms with van der Waals surface area (Å²) in [5.41, 5.74) is 1.80. The van der Waals surface area contributed by atoms with Crippen LogP contribution in [0.5, 0.6) is 17.2 Å². The van der Waals surface area contributed by atoms with Crippen LogP contribution in [0.2, 0.25) is 0 Å². The molecule has 0 saturated carbocycles. The third-order valence-corrected chi connectivity index (χ3v) is 3.85. The molecule has 2 N–H and O–H groups in total. The van der Waals surface area contributed by atoms with Crippen LogP contribution in [0.25, 0.3) is 0 Å². The van der Waals surface area contributed by atoms with E-state index in [0.717, 1.165) is 11.1 Å². The average Bonchev–Trinajstić information content (AvgIpc) is 2.68. The second kappa shape index (κ2) is 9.50. The monoisotopic (exact) mass is 361 g/mol. The molecular formula is C19H24FN3O3. The van der Waals surface area contributed by atoms with E-state index in [0.29, 0.717) is 36.3 Å². The largest absolute Gasteiger partial charge is 0.496 e. The Kier molecular flexibility index (Phi) is 7.08. The van der Waals surface area contributed by atoms with Gasteiger partial charge in [-0.1, -0.05) is 12.1 Å². The van der Waals surface area contributed by atoms with Gasteiger partial charge in [-0.25, -0.2) is 4.39 Å². The van der Waals surface area contributed by atoms with Crippen molar-refractivity contribution in [2.45, 2.75) is 13.1 Å². The first-order chi connectivity index (χ1) is 12.6. The molecule has 0 atom stereocenters. The van der Waals surface area contributed by atoms with E-state index < -0.39 is 0 Å². The number of hydrogen-bond donors (Lipinski definition) is 2. The van der Waals surface area contributed by atoms with Crippen LogP contribution in [0.15, 0.2) is 41.4 Å². The summed E-state index contributed by atoms with van der Waals surface area (Å²) < 4.78 is 29.1. The maximum absolute atomic E-state index is 13.0. The number of ether oxygens (including phenoxy) is 3. The third-order valence-electron chi connectivity index (χ3n) is 3.85. The van der Waals surface area contributed by atoms with Crippen LogP contribution in [0.1, 0.15) is 11.1 Å². The molecule has 0 aliphatic rings. The number of hydrogen-bond acceptors (Lipinski definition) is 4. The van der Waals surface area contributed by atoms with Gasteiger partial charge in [-0.05, 0) is 17.7 Å². The van der Waals surface area contributed by atoms with E-state index in [-0.39, 0.29) is 5.82 Å². The molecule has 140 valence electrons. The lowest BCUT2D eigenvalue weighted by Gasteiger charge is -2.17. The summed E-state index contributed by atoms with van der Waals surface area (Å²) in [7, 11) is 6.47. The molecule has 2 aromatic carbocycles. The van der Waals surface area contributed by atoms with Crippen molar-refractivity contribution in [3.05, 3.63) is 53.3 Å². The number of halogens is 1. The topological polar surface area (TPSA) is 64.1 Å². The Morgan fingerprint density at radius 2 is 1.50 bits per heavy atom. The first kappa shape index (κ1) is 19.4. The summed E-state index contributed by atoms with van der Waals surface area (Å²) in [5.74, 6) is 2.32. The zero-order valence-corrected chi connectivity index (χ0v) is 15.4. The molecule has 0 radical (unpaired) electrons. The molecule has 0 unspecified atom stereocenters. The minimum absolute atomic E-state index is 0.255. The van der Waals surface area contributed by atoms with Crippen LogP contribution in [0, 0.1) is 5.82 Å². The standard InChI is InChI=1S/C19H24FN3O3/c1-21-19(22-11-13-5-7-14(20)8-6-13)23-12-16-17(25-3)9-15(24-2)10-18(16)26-4/h5-10H,11-12H2,1-4H3,(H2,21,22,23). The Bertz CT molecular complexity index is 723. The van der Waals surface area contributed by atoms with Gasteiger partial charge in [-0.15, -0.1) is 0 Å². The lowest BCUT2D eigenvalue weighted by atomic mass is 10.1. The maximum Gasteiger partial charge on any atom is 0.191 e. The quantitative estimate of drug-likeness (QED) is 0.586. The highest BCUT2D eigenvalue weighted by Crippen LogP contribution is 2.33. The van der Waals surface area contributed by atoms with Gasteiger partial charge >= 0.3 is 0 Å². The van der Waals surface area contributed by atoms with E-state index >= 15 is 0 Å². The van der Waals surface area contributed by atoms with Crippen LogP contribution in [0.3, 0.4) is 0 Å². The van der Waals surface area contributed by atoms with Crippen LogP contribution in [0.4, 0.5) is 4.39 Å². The normalized spacial score (nSPS) is 11.0. The molecule has 0 spiro atoms. The first-order valence-electron chi connectivity index (χ1n) is 8.09. The van der Waals surface area contributed by atoms with Crippen molar-refractivity contribution in [2.75, 3.05) is 28.4 Å². The van der Waals surface area contributed by atoms with Crippen molar-refractivity contribution in [3.63, 3.8) is 0 Å².